The molecule has 0 aromatic heterocycles. The van der Waals surface area contributed by atoms with E-state index >= 15 is 0 Å². The molecule has 2 saturated carbocycles. The topological polar surface area (TPSA) is 69.6 Å². The Balaban J connectivity index is 1.69. The van der Waals surface area contributed by atoms with Gasteiger partial charge in [0.25, 0.3) is 0 Å². The summed E-state index contributed by atoms with van der Waals surface area (Å²) < 4.78 is 0. The molecule has 2 aliphatic rings. The van der Waals surface area contributed by atoms with Gasteiger partial charge in [-0.3, -0.25) is 9.59 Å². The highest BCUT2D eigenvalue weighted by molar-refractivity contribution is 6.04. The molecule has 2 aliphatic carbocycles. The highest BCUT2D eigenvalue weighted by atomic mass is 16.4. The maximum atomic E-state index is 11.6. The normalized spacial score (nSPS) is 21.9. The molecule has 16 heavy (non-hydrogen) atoms. The van der Waals surface area contributed by atoms with Gasteiger partial charge >= 0.3 is 5.97 Å². The molecule has 2 N–H and O–H groups in total. The van der Waals surface area contributed by atoms with Gasteiger partial charge in [0.15, 0.2) is 0 Å². The van der Waals surface area contributed by atoms with Gasteiger partial charge in [-0.25, -0.2) is 0 Å². The van der Waals surface area contributed by atoms with Gasteiger partial charge < -0.3 is 15.3 Å². The van der Waals surface area contributed by atoms with Gasteiger partial charge in [-0.1, -0.05) is 0 Å². The maximum Gasteiger partial charge on any atom is 0.319 e. The van der Waals surface area contributed by atoms with Gasteiger partial charge in [0.1, 0.15) is 5.41 Å². The van der Waals surface area contributed by atoms with E-state index in [-0.39, 0.29) is 5.91 Å². The number of rotatable bonds is 6. The van der Waals surface area contributed by atoms with Crippen LogP contribution in [0.4, 0.5) is 0 Å². The Kier molecular flexibility index (Phi) is 2.88. The molecule has 0 aromatic rings. The predicted molar refractivity (Wildman–Crippen MR) is 58.0 cm³/mol. The molecule has 0 bridgehead atoms. The molecule has 5 nitrogen and oxygen atoms in total. The van der Waals surface area contributed by atoms with E-state index in [4.69, 9.17) is 5.11 Å². The van der Waals surface area contributed by atoms with Crippen LogP contribution in [0.25, 0.3) is 0 Å². The van der Waals surface area contributed by atoms with Crippen molar-refractivity contribution in [2.75, 3.05) is 20.1 Å². The minimum absolute atomic E-state index is 0.316. The Hall–Kier alpha value is -1.10. The lowest BCUT2D eigenvalue weighted by atomic mass is 10.1. The summed E-state index contributed by atoms with van der Waals surface area (Å²) in [5.74, 6) is -1.30. The van der Waals surface area contributed by atoms with Gasteiger partial charge in [-0.05, 0) is 32.7 Å². The molecule has 0 heterocycles. The van der Waals surface area contributed by atoms with Gasteiger partial charge in [-0.2, -0.15) is 0 Å². The largest absolute Gasteiger partial charge is 0.480 e. The molecular formula is C11H18N2O3. The van der Waals surface area contributed by atoms with E-state index in [1.165, 1.54) is 12.8 Å². The summed E-state index contributed by atoms with van der Waals surface area (Å²) in [4.78, 5) is 24.7. The SMILES string of the molecule is CN(CCNC(=O)C1(C(=O)O)CC1)C1CC1. The van der Waals surface area contributed by atoms with Crippen LogP contribution in [0.2, 0.25) is 0 Å². The second-order valence-electron chi connectivity index (χ2n) is 4.85. The van der Waals surface area contributed by atoms with E-state index in [0.717, 1.165) is 6.54 Å². The first-order valence-electron chi connectivity index (χ1n) is 5.78. The third-order valence-electron chi connectivity index (χ3n) is 3.51. The predicted octanol–water partition coefficient (Wildman–Crippen LogP) is 0.0616. The summed E-state index contributed by atoms with van der Waals surface area (Å²) >= 11 is 0. The van der Waals surface area contributed by atoms with Crippen molar-refractivity contribution in [3.05, 3.63) is 0 Å². The molecule has 2 rings (SSSR count). The Bertz CT molecular complexity index is 308. The molecular weight excluding hydrogens is 208 g/mol. The van der Waals surface area contributed by atoms with Crippen molar-refractivity contribution in [2.24, 2.45) is 5.41 Å². The van der Waals surface area contributed by atoms with Crippen LogP contribution in [0.5, 0.6) is 0 Å². The first kappa shape index (κ1) is 11.4. The number of aliphatic carboxylic acids is 1. The van der Waals surface area contributed by atoms with Crippen molar-refractivity contribution < 1.29 is 14.7 Å². The van der Waals surface area contributed by atoms with Crippen LogP contribution in [-0.4, -0.2) is 48.1 Å². The Morgan fingerprint density at radius 1 is 1.44 bits per heavy atom. The van der Waals surface area contributed by atoms with Gasteiger partial charge in [0, 0.05) is 19.1 Å². The van der Waals surface area contributed by atoms with Crippen molar-refractivity contribution >= 4 is 11.9 Å². The van der Waals surface area contributed by atoms with Gasteiger partial charge in [0.05, 0.1) is 0 Å². The number of hydrogen-bond acceptors (Lipinski definition) is 3. The third-order valence-corrected chi connectivity index (χ3v) is 3.51. The molecule has 0 spiro atoms. The summed E-state index contributed by atoms with van der Waals surface area (Å²) in [5, 5.41) is 11.6. The molecule has 2 fully saturated rings. The van der Waals surface area contributed by atoms with Crippen LogP contribution in [0.15, 0.2) is 0 Å². The number of carbonyl (C=O) groups is 2. The van der Waals surface area contributed by atoms with E-state index < -0.39 is 11.4 Å². The van der Waals surface area contributed by atoms with E-state index in [2.05, 4.69) is 10.2 Å². The van der Waals surface area contributed by atoms with Crippen LogP contribution in [0.1, 0.15) is 25.7 Å². The number of carboxylic acids is 1. The lowest BCUT2D eigenvalue weighted by molar-refractivity contribution is -0.149. The number of nitrogens with one attached hydrogen (secondary N) is 1. The second-order valence-corrected chi connectivity index (χ2v) is 4.85. The molecule has 0 unspecified atom stereocenters. The number of likely N-dealkylation sites (N-methyl/N-ethyl adjacent to an activating group) is 1. The summed E-state index contributed by atoms with van der Waals surface area (Å²) in [7, 11) is 2.04. The zero-order chi connectivity index (χ0) is 11.8. The van der Waals surface area contributed by atoms with Crippen molar-refractivity contribution in [3.8, 4) is 0 Å². The lowest BCUT2D eigenvalue weighted by Gasteiger charge is -2.17. The van der Waals surface area contributed by atoms with Crippen LogP contribution in [0.3, 0.4) is 0 Å². The molecule has 0 aliphatic heterocycles. The zero-order valence-corrected chi connectivity index (χ0v) is 9.53. The third kappa shape index (κ3) is 2.19. The second kappa shape index (κ2) is 4.05. The quantitative estimate of drug-likeness (QED) is 0.628. The molecule has 0 aromatic carbocycles. The Labute approximate surface area is 94.8 Å². The van der Waals surface area contributed by atoms with Crippen molar-refractivity contribution in [2.45, 2.75) is 31.7 Å². The van der Waals surface area contributed by atoms with E-state index in [1.54, 1.807) is 0 Å². The number of carboxylic acid groups (broad SMARTS) is 1. The van der Waals surface area contributed by atoms with E-state index in [0.29, 0.717) is 25.4 Å². The average molecular weight is 226 g/mol. The Morgan fingerprint density at radius 2 is 2.06 bits per heavy atom. The summed E-state index contributed by atoms with van der Waals surface area (Å²) in [6, 6.07) is 0.672. The van der Waals surface area contributed by atoms with E-state index in [1.807, 2.05) is 7.05 Å². The summed E-state index contributed by atoms with van der Waals surface area (Å²) in [6.07, 6.45) is 3.44. The molecule has 90 valence electrons. The minimum atomic E-state index is -1.10. The van der Waals surface area contributed by atoms with E-state index in [9.17, 15) is 9.59 Å². The number of amides is 1. The van der Waals surface area contributed by atoms with Crippen molar-refractivity contribution in [3.63, 3.8) is 0 Å². The van der Waals surface area contributed by atoms with Crippen LogP contribution in [-0.2, 0) is 9.59 Å². The van der Waals surface area contributed by atoms with Gasteiger partial charge in [0.2, 0.25) is 5.91 Å². The minimum Gasteiger partial charge on any atom is -0.480 e. The maximum absolute atomic E-state index is 11.6. The fourth-order valence-corrected chi connectivity index (χ4v) is 1.88. The smallest absolute Gasteiger partial charge is 0.319 e. The molecule has 0 atom stereocenters. The summed E-state index contributed by atoms with van der Waals surface area (Å²) in [6.45, 7) is 1.34. The molecule has 0 radical (unpaired) electrons. The Morgan fingerprint density at radius 3 is 2.50 bits per heavy atom. The molecule has 5 heteroatoms. The van der Waals surface area contributed by atoms with Crippen LogP contribution >= 0.6 is 0 Å². The average Bonchev–Trinajstić information content (AvgIpc) is 3.09. The first-order chi connectivity index (χ1) is 7.56. The number of carbonyl (C=O) groups excluding carboxylic acids is 1. The monoisotopic (exact) mass is 226 g/mol. The lowest BCUT2D eigenvalue weighted by Crippen LogP contribution is -2.40. The fourth-order valence-electron chi connectivity index (χ4n) is 1.88. The first-order valence-corrected chi connectivity index (χ1v) is 5.78. The standard InChI is InChI=1S/C11H18N2O3/c1-13(8-2-3-8)7-6-12-9(14)11(4-5-11)10(15)16/h8H,2-7H2,1H3,(H,12,14)(H,15,16). The molecule has 1 amide bonds. The van der Waals surface area contributed by atoms with Gasteiger partial charge in [-0.15, -0.1) is 0 Å². The fraction of sp³-hybridized carbons (Fsp3) is 0.818. The van der Waals surface area contributed by atoms with Crippen molar-refractivity contribution in [1.82, 2.24) is 10.2 Å². The number of nitrogens with zero attached hydrogens (tertiary/aromatic N) is 1. The highest BCUT2D eigenvalue weighted by Crippen LogP contribution is 2.45. The zero-order valence-electron chi connectivity index (χ0n) is 9.53. The summed E-state index contributed by atoms with van der Waals surface area (Å²) in [5.41, 5.74) is -1.10. The highest BCUT2D eigenvalue weighted by Gasteiger charge is 2.56. The molecule has 0 saturated heterocycles. The van der Waals surface area contributed by atoms with Crippen molar-refractivity contribution in [1.29, 1.82) is 0 Å². The number of hydrogen-bond donors (Lipinski definition) is 2. The van der Waals surface area contributed by atoms with Crippen LogP contribution in [0, 0.1) is 5.41 Å². The van der Waals surface area contributed by atoms with Crippen LogP contribution < -0.4 is 5.32 Å².